The highest BCUT2D eigenvalue weighted by molar-refractivity contribution is 5.43. The number of ether oxygens (including phenoxy) is 1. The van der Waals surface area contributed by atoms with Crippen molar-refractivity contribution in [2.45, 2.75) is 38.6 Å². The van der Waals surface area contributed by atoms with Gasteiger partial charge in [-0.15, -0.1) is 0 Å². The standard InChI is InChI=1S/C14H21NO/c1-4-7-15-14-8-10(2)12-6-5-11(16-3)9-13(12)14/h5-6,9-10,14-15H,4,7-8H2,1-3H3. The van der Waals surface area contributed by atoms with Crippen LogP contribution in [0.5, 0.6) is 5.75 Å². The van der Waals surface area contributed by atoms with Crippen molar-refractivity contribution in [3.63, 3.8) is 0 Å². The van der Waals surface area contributed by atoms with Crippen LogP contribution >= 0.6 is 0 Å². The van der Waals surface area contributed by atoms with E-state index in [9.17, 15) is 0 Å². The monoisotopic (exact) mass is 219 g/mol. The van der Waals surface area contributed by atoms with Gasteiger partial charge in [0.25, 0.3) is 0 Å². The lowest BCUT2D eigenvalue weighted by atomic mass is 10.0. The molecule has 16 heavy (non-hydrogen) atoms. The van der Waals surface area contributed by atoms with Crippen LogP contribution in [0.3, 0.4) is 0 Å². The summed E-state index contributed by atoms with van der Waals surface area (Å²) in [5.41, 5.74) is 2.91. The van der Waals surface area contributed by atoms with Crippen LogP contribution in [0, 0.1) is 0 Å². The molecule has 0 heterocycles. The van der Waals surface area contributed by atoms with Crippen molar-refractivity contribution >= 4 is 0 Å². The maximum absolute atomic E-state index is 5.30. The SMILES string of the molecule is CCCNC1CC(C)c2ccc(OC)cc21. The highest BCUT2D eigenvalue weighted by Gasteiger charge is 2.27. The predicted molar refractivity (Wildman–Crippen MR) is 67.1 cm³/mol. The molecule has 2 heteroatoms. The Morgan fingerprint density at radius 2 is 2.19 bits per heavy atom. The summed E-state index contributed by atoms with van der Waals surface area (Å²) in [6, 6.07) is 6.98. The minimum atomic E-state index is 0.514. The molecule has 0 aliphatic heterocycles. The molecule has 0 radical (unpaired) electrons. The Hall–Kier alpha value is -1.02. The van der Waals surface area contributed by atoms with Gasteiger partial charge in [-0.1, -0.05) is 19.9 Å². The normalized spacial score (nSPS) is 23.2. The molecule has 1 aromatic rings. The zero-order chi connectivity index (χ0) is 11.5. The van der Waals surface area contributed by atoms with E-state index >= 15 is 0 Å². The summed E-state index contributed by atoms with van der Waals surface area (Å²) in [5, 5.41) is 3.61. The Morgan fingerprint density at radius 3 is 2.88 bits per heavy atom. The van der Waals surface area contributed by atoms with E-state index in [1.807, 2.05) is 0 Å². The first-order valence-corrected chi connectivity index (χ1v) is 6.17. The van der Waals surface area contributed by atoms with Crippen molar-refractivity contribution in [3.8, 4) is 5.75 Å². The molecule has 0 amide bonds. The first kappa shape index (κ1) is 11.5. The Balaban J connectivity index is 2.23. The van der Waals surface area contributed by atoms with E-state index in [1.54, 1.807) is 7.11 Å². The molecule has 2 rings (SSSR count). The summed E-state index contributed by atoms with van der Waals surface area (Å²) >= 11 is 0. The summed E-state index contributed by atoms with van der Waals surface area (Å²) < 4.78 is 5.30. The van der Waals surface area contributed by atoms with Gasteiger partial charge in [-0.3, -0.25) is 0 Å². The number of methoxy groups -OCH3 is 1. The molecule has 0 aromatic heterocycles. The van der Waals surface area contributed by atoms with Crippen LogP contribution in [-0.2, 0) is 0 Å². The number of rotatable bonds is 4. The first-order valence-electron chi connectivity index (χ1n) is 6.17. The van der Waals surface area contributed by atoms with Crippen molar-refractivity contribution in [1.82, 2.24) is 5.32 Å². The quantitative estimate of drug-likeness (QED) is 0.839. The van der Waals surface area contributed by atoms with Crippen molar-refractivity contribution < 1.29 is 4.74 Å². The molecular formula is C14H21NO. The zero-order valence-electron chi connectivity index (χ0n) is 10.4. The molecule has 0 saturated carbocycles. The lowest BCUT2D eigenvalue weighted by Gasteiger charge is -2.13. The fourth-order valence-electron chi connectivity index (χ4n) is 2.55. The Morgan fingerprint density at radius 1 is 1.38 bits per heavy atom. The van der Waals surface area contributed by atoms with Crippen LogP contribution in [0.15, 0.2) is 18.2 Å². The predicted octanol–water partition coefficient (Wildman–Crippen LogP) is 3.24. The van der Waals surface area contributed by atoms with Crippen LogP contribution in [0.1, 0.15) is 49.8 Å². The van der Waals surface area contributed by atoms with Crippen molar-refractivity contribution in [1.29, 1.82) is 0 Å². The third kappa shape index (κ3) is 2.07. The molecular weight excluding hydrogens is 198 g/mol. The number of nitrogens with one attached hydrogen (secondary N) is 1. The highest BCUT2D eigenvalue weighted by atomic mass is 16.5. The lowest BCUT2D eigenvalue weighted by molar-refractivity contribution is 0.413. The van der Waals surface area contributed by atoms with Gasteiger partial charge in [0.1, 0.15) is 5.75 Å². The van der Waals surface area contributed by atoms with E-state index in [2.05, 4.69) is 37.4 Å². The van der Waals surface area contributed by atoms with Crippen LogP contribution in [0.25, 0.3) is 0 Å². The third-order valence-corrected chi connectivity index (χ3v) is 3.43. The smallest absolute Gasteiger partial charge is 0.119 e. The Kier molecular flexibility index (Phi) is 3.49. The summed E-state index contributed by atoms with van der Waals surface area (Å²) in [6.45, 7) is 5.60. The number of hydrogen-bond acceptors (Lipinski definition) is 2. The van der Waals surface area contributed by atoms with Crippen molar-refractivity contribution in [2.75, 3.05) is 13.7 Å². The molecule has 0 spiro atoms. The van der Waals surface area contributed by atoms with Gasteiger partial charge >= 0.3 is 0 Å². The van der Waals surface area contributed by atoms with E-state index in [0.29, 0.717) is 12.0 Å². The molecule has 1 aromatic carbocycles. The Bertz CT molecular complexity index is 362. The summed E-state index contributed by atoms with van der Waals surface area (Å²) in [6.07, 6.45) is 2.40. The van der Waals surface area contributed by atoms with Crippen molar-refractivity contribution in [2.24, 2.45) is 0 Å². The molecule has 1 N–H and O–H groups in total. The molecule has 0 saturated heterocycles. The molecule has 1 aliphatic rings. The van der Waals surface area contributed by atoms with Gasteiger partial charge in [-0.2, -0.15) is 0 Å². The van der Waals surface area contributed by atoms with Gasteiger partial charge in [-0.05, 0) is 48.6 Å². The average molecular weight is 219 g/mol. The maximum atomic E-state index is 5.30. The fraction of sp³-hybridized carbons (Fsp3) is 0.571. The second kappa shape index (κ2) is 4.88. The van der Waals surface area contributed by atoms with Crippen LogP contribution in [0.4, 0.5) is 0 Å². The van der Waals surface area contributed by atoms with Gasteiger partial charge in [0.2, 0.25) is 0 Å². The second-order valence-electron chi connectivity index (χ2n) is 4.64. The van der Waals surface area contributed by atoms with Crippen LogP contribution < -0.4 is 10.1 Å². The van der Waals surface area contributed by atoms with E-state index in [4.69, 9.17) is 4.74 Å². The summed E-state index contributed by atoms with van der Waals surface area (Å²) in [5.74, 6) is 1.63. The van der Waals surface area contributed by atoms with Crippen molar-refractivity contribution in [3.05, 3.63) is 29.3 Å². The summed E-state index contributed by atoms with van der Waals surface area (Å²) in [4.78, 5) is 0. The number of fused-ring (bicyclic) bond motifs is 1. The minimum Gasteiger partial charge on any atom is -0.497 e. The molecule has 2 nitrogen and oxygen atoms in total. The van der Waals surface area contributed by atoms with Crippen LogP contribution in [-0.4, -0.2) is 13.7 Å². The van der Waals surface area contributed by atoms with E-state index in [-0.39, 0.29) is 0 Å². The Labute approximate surface area is 98.0 Å². The van der Waals surface area contributed by atoms with E-state index in [1.165, 1.54) is 24.0 Å². The minimum absolute atomic E-state index is 0.514. The second-order valence-corrected chi connectivity index (χ2v) is 4.64. The molecule has 88 valence electrons. The lowest BCUT2D eigenvalue weighted by Crippen LogP contribution is -2.19. The molecule has 1 aliphatic carbocycles. The fourth-order valence-corrected chi connectivity index (χ4v) is 2.55. The molecule has 0 fully saturated rings. The largest absolute Gasteiger partial charge is 0.497 e. The third-order valence-electron chi connectivity index (χ3n) is 3.43. The first-order chi connectivity index (χ1) is 7.76. The topological polar surface area (TPSA) is 21.3 Å². The molecule has 0 bridgehead atoms. The van der Waals surface area contributed by atoms with E-state index in [0.717, 1.165) is 12.3 Å². The maximum Gasteiger partial charge on any atom is 0.119 e. The average Bonchev–Trinajstić information content (AvgIpc) is 2.63. The van der Waals surface area contributed by atoms with Crippen LogP contribution in [0.2, 0.25) is 0 Å². The molecule has 2 unspecified atom stereocenters. The van der Waals surface area contributed by atoms with Gasteiger partial charge in [-0.25, -0.2) is 0 Å². The van der Waals surface area contributed by atoms with Gasteiger partial charge < -0.3 is 10.1 Å². The highest BCUT2D eigenvalue weighted by Crippen LogP contribution is 2.41. The van der Waals surface area contributed by atoms with Gasteiger partial charge in [0.15, 0.2) is 0 Å². The number of hydrogen-bond donors (Lipinski definition) is 1. The van der Waals surface area contributed by atoms with E-state index < -0.39 is 0 Å². The zero-order valence-corrected chi connectivity index (χ0v) is 10.4. The van der Waals surface area contributed by atoms with Gasteiger partial charge in [0, 0.05) is 6.04 Å². The molecule has 2 atom stereocenters. The summed E-state index contributed by atoms with van der Waals surface area (Å²) in [7, 11) is 1.73. The van der Waals surface area contributed by atoms with Gasteiger partial charge in [0.05, 0.1) is 7.11 Å². The number of benzene rings is 1.